The van der Waals surface area contributed by atoms with Crippen LogP contribution in [-0.4, -0.2) is 29.0 Å². The lowest BCUT2D eigenvalue weighted by Gasteiger charge is -2.09. The molecule has 2 aromatic rings. The van der Waals surface area contributed by atoms with E-state index >= 15 is 0 Å². The van der Waals surface area contributed by atoms with E-state index in [1.54, 1.807) is 0 Å². The summed E-state index contributed by atoms with van der Waals surface area (Å²) in [4.78, 5) is 33.9. The van der Waals surface area contributed by atoms with Crippen LogP contribution in [0.3, 0.4) is 0 Å². The summed E-state index contributed by atoms with van der Waals surface area (Å²) in [6, 6.07) is 7.31. The van der Waals surface area contributed by atoms with Crippen molar-refractivity contribution < 1.29 is 24.4 Å². The van der Waals surface area contributed by atoms with Crippen molar-refractivity contribution in [2.75, 3.05) is 12.4 Å². The molecular weight excluding hydrogens is 340 g/mol. The molecule has 0 aliphatic rings. The second kappa shape index (κ2) is 6.97. The predicted octanol–water partition coefficient (Wildman–Crippen LogP) is 2.99. The third-order valence-electron chi connectivity index (χ3n) is 3.07. The maximum atomic E-state index is 12.2. The number of nitrogens with one attached hydrogen (secondary N) is 1. The highest BCUT2D eigenvalue weighted by Crippen LogP contribution is 2.28. The Morgan fingerprint density at radius 1 is 1.25 bits per heavy atom. The number of aromatic hydroxyl groups is 1. The molecule has 9 heteroatoms. The number of phenolic OH excluding ortho intramolecular Hbond substituents is 1. The first kappa shape index (κ1) is 17.2. The summed E-state index contributed by atoms with van der Waals surface area (Å²) in [6.07, 6.45) is 0. The molecule has 8 nitrogen and oxygen atoms in total. The van der Waals surface area contributed by atoms with E-state index in [1.165, 1.54) is 31.4 Å². The van der Waals surface area contributed by atoms with Crippen LogP contribution >= 0.6 is 11.6 Å². The predicted molar refractivity (Wildman–Crippen MR) is 85.5 cm³/mol. The molecule has 0 bridgehead atoms. The highest BCUT2D eigenvalue weighted by atomic mass is 35.5. The van der Waals surface area contributed by atoms with Gasteiger partial charge < -0.3 is 15.2 Å². The minimum absolute atomic E-state index is 0.0168. The summed E-state index contributed by atoms with van der Waals surface area (Å²) in [6.45, 7) is 0. The van der Waals surface area contributed by atoms with E-state index in [-0.39, 0.29) is 27.6 Å². The highest BCUT2D eigenvalue weighted by molar-refractivity contribution is 6.31. The molecule has 0 unspecified atom stereocenters. The van der Waals surface area contributed by atoms with E-state index in [9.17, 15) is 24.8 Å². The second-order valence-electron chi connectivity index (χ2n) is 4.60. The molecule has 0 aliphatic carbocycles. The third kappa shape index (κ3) is 3.61. The van der Waals surface area contributed by atoms with Gasteiger partial charge in [0.1, 0.15) is 11.3 Å². The first-order valence-corrected chi connectivity index (χ1v) is 6.88. The van der Waals surface area contributed by atoms with Gasteiger partial charge in [-0.3, -0.25) is 14.9 Å². The smallest absolute Gasteiger partial charge is 0.337 e. The number of nitrogens with zero attached hydrogens (tertiary/aromatic N) is 1. The number of rotatable bonds is 4. The number of esters is 1. The molecule has 0 heterocycles. The molecule has 2 N–H and O–H groups in total. The van der Waals surface area contributed by atoms with Crippen LogP contribution in [-0.2, 0) is 4.74 Å². The molecule has 0 radical (unpaired) electrons. The fraction of sp³-hybridized carbons (Fsp3) is 0.0667. The summed E-state index contributed by atoms with van der Waals surface area (Å²) >= 11 is 5.69. The van der Waals surface area contributed by atoms with E-state index in [2.05, 4.69) is 10.1 Å². The summed E-state index contributed by atoms with van der Waals surface area (Å²) < 4.78 is 4.51. The monoisotopic (exact) mass is 350 g/mol. The van der Waals surface area contributed by atoms with Crippen molar-refractivity contribution in [1.82, 2.24) is 0 Å². The number of methoxy groups -OCH3 is 1. The fourth-order valence-electron chi connectivity index (χ4n) is 1.92. The first-order valence-electron chi connectivity index (χ1n) is 6.50. The van der Waals surface area contributed by atoms with Gasteiger partial charge in [0.2, 0.25) is 0 Å². The van der Waals surface area contributed by atoms with E-state index in [1.807, 2.05) is 0 Å². The van der Waals surface area contributed by atoms with Gasteiger partial charge in [-0.15, -0.1) is 0 Å². The number of carbonyl (C=O) groups is 2. The Kier molecular flexibility index (Phi) is 5.00. The molecule has 1 amide bonds. The normalized spacial score (nSPS) is 10.1. The number of benzene rings is 2. The van der Waals surface area contributed by atoms with Gasteiger partial charge in [-0.05, 0) is 30.3 Å². The minimum atomic E-state index is -0.806. The Morgan fingerprint density at radius 3 is 2.54 bits per heavy atom. The zero-order valence-electron chi connectivity index (χ0n) is 12.3. The molecule has 0 atom stereocenters. The van der Waals surface area contributed by atoms with Gasteiger partial charge in [-0.1, -0.05) is 11.6 Å². The minimum Gasteiger partial charge on any atom is -0.506 e. The summed E-state index contributed by atoms with van der Waals surface area (Å²) in [5.74, 6) is -1.85. The van der Waals surface area contributed by atoms with Crippen LogP contribution in [0.2, 0.25) is 5.02 Å². The van der Waals surface area contributed by atoms with E-state index < -0.39 is 22.5 Å². The Balaban J connectivity index is 2.31. The van der Waals surface area contributed by atoms with Crippen LogP contribution < -0.4 is 5.32 Å². The average Bonchev–Trinajstić information content (AvgIpc) is 2.55. The number of anilines is 1. The van der Waals surface area contributed by atoms with Gasteiger partial charge in [0.25, 0.3) is 11.6 Å². The topological polar surface area (TPSA) is 119 Å². The highest BCUT2D eigenvalue weighted by Gasteiger charge is 2.21. The molecule has 2 rings (SSSR count). The van der Waals surface area contributed by atoms with Crippen LogP contribution in [0.4, 0.5) is 11.4 Å². The van der Waals surface area contributed by atoms with Gasteiger partial charge in [0.05, 0.1) is 23.3 Å². The average molecular weight is 351 g/mol. The van der Waals surface area contributed by atoms with Gasteiger partial charge in [0, 0.05) is 11.1 Å². The number of ether oxygens (including phenoxy) is 1. The Bertz CT molecular complexity index is 837. The second-order valence-corrected chi connectivity index (χ2v) is 5.03. The zero-order chi connectivity index (χ0) is 17.9. The van der Waals surface area contributed by atoms with Gasteiger partial charge in [0.15, 0.2) is 0 Å². The van der Waals surface area contributed by atoms with Crippen molar-refractivity contribution in [3.8, 4) is 5.75 Å². The summed E-state index contributed by atoms with van der Waals surface area (Å²) in [5, 5.41) is 23.3. The lowest BCUT2D eigenvalue weighted by molar-refractivity contribution is -0.385. The van der Waals surface area contributed by atoms with Crippen molar-refractivity contribution in [1.29, 1.82) is 0 Å². The van der Waals surface area contributed by atoms with Crippen molar-refractivity contribution in [3.63, 3.8) is 0 Å². The third-order valence-corrected chi connectivity index (χ3v) is 3.30. The van der Waals surface area contributed by atoms with E-state index in [0.29, 0.717) is 0 Å². The Morgan fingerprint density at radius 2 is 1.96 bits per heavy atom. The number of phenols is 1. The van der Waals surface area contributed by atoms with Crippen LogP contribution in [0.1, 0.15) is 20.7 Å². The molecule has 0 saturated carbocycles. The maximum absolute atomic E-state index is 12.2. The zero-order valence-corrected chi connectivity index (χ0v) is 13.0. The van der Waals surface area contributed by atoms with E-state index in [0.717, 1.165) is 12.1 Å². The Labute approximate surface area is 140 Å². The van der Waals surface area contributed by atoms with Crippen molar-refractivity contribution in [3.05, 3.63) is 62.7 Å². The molecule has 24 heavy (non-hydrogen) atoms. The van der Waals surface area contributed by atoms with Crippen LogP contribution in [0.15, 0.2) is 36.4 Å². The number of hydrogen-bond acceptors (Lipinski definition) is 6. The van der Waals surface area contributed by atoms with Crippen LogP contribution in [0, 0.1) is 10.1 Å². The van der Waals surface area contributed by atoms with Crippen LogP contribution in [0.25, 0.3) is 0 Å². The van der Waals surface area contributed by atoms with E-state index in [4.69, 9.17) is 11.6 Å². The van der Waals surface area contributed by atoms with Crippen molar-refractivity contribution >= 4 is 34.9 Å². The van der Waals surface area contributed by atoms with Crippen molar-refractivity contribution in [2.45, 2.75) is 0 Å². The van der Waals surface area contributed by atoms with Crippen molar-refractivity contribution in [2.24, 2.45) is 0 Å². The number of nitro benzene ring substituents is 1. The standard InChI is InChI=1S/C15H11ClN2O6/c1-24-15(21)8-2-5-11(13(19)6-8)17-14(20)10-4-3-9(16)7-12(10)18(22)23/h2-7,19H,1H3,(H,17,20). The van der Waals surface area contributed by atoms with Crippen LogP contribution in [0.5, 0.6) is 5.75 Å². The Hall–Kier alpha value is -3.13. The summed E-state index contributed by atoms with van der Waals surface area (Å²) in [5.41, 5.74) is -0.617. The lowest BCUT2D eigenvalue weighted by Crippen LogP contribution is -2.14. The number of hydrogen-bond donors (Lipinski definition) is 2. The quantitative estimate of drug-likeness (QED) is 0.378. The molecule has 0 saturated heterocycles. The largest absolute Gasteiger partial charge is 0.506 e. The van der Waals surface area contributed by atoms with Gasteiger partial charge in [-0.2, -0.15) is 0 Å². The molecule has 124 valence electrons. The summed E-state index contributed by atoms with van der Waals surface area (Å²) in [7, 11) is 1.19. The van der Waals surface area contributed by atoms with Gasteiger partial charge in [-0.25, -0.2) is 4.79 Å². The molecule has 0 spiro atoms. The first-order chi connectivity index (χ1) is 11.3. The number of carbonyl (C=O) groups excluding carboxylic acids is 2. The molecule has 2 aromatic carbocycles. The number of nitro groups is 1. The molecule has 0 aliphatic heterocycles. The fourth-order valence-corrected chi connectivity index (χ4v) is 2.09. The number of halogens is 1. The SMILES string of the molecule is COC(=O)c1ccc(NC(=O)c2ccc(Cl)cc2[N+](=O)[O-])c(O)c1. The number of amides is 1. The molecule has 0 fully saturated rings. The molecule has 0 aromatic heterocycles. The molecular formula is C15H11ClN2O6. The van der Waals surface area contributed by atoms with Gasteiger partial charge >= 0.3 is 5.97 Å². The maximum Gasteiger partial charge on any atom is 0.337 e. The lowest BCUT2D eigenvalue weighted by atomic mass is 10.1.